The zero-order chi connectivity index (χ0) is 11.3. The second kappa shape index (κ2) is 5.09. The minimum atomic E-state index is -0.778. The van der Waals surface area contributed by atoms with Gasteiger partial charge in [0.1, 0.15) is 0 Å². The summed E-state index contributed by atoms with van der Waals surface area (Å²) in [7, 11) is 3.17. The molecule has 0 amide bonds. The fourth-order valence-electron chi connectivity index (χ4n) is 1.47. The van der Waals surface area contributed by atoms with Gasteiger partial charge in [0.15, 0.2) is 5.79 Å². The molecule has 1 N–H and O–H groups in total. The van der Waals surface area contributed by atoms with Crippen molar-refractivity contribution in [3.63, 3.8) is 0 Å². The molecule has 0 spiro atoms. The van der Waals surface area contributed by atoms with Crippen LogP contribution in [-0.2, 0) is 14.3 Å². The fraction of sp³-hybridized carbons (Fsp3) is 0.545. The molecule has 0 bridgehead atoms. The van der Waals surface area contributed by atoms with E-state index in [1.807, 2.05) is 18.2 Å². The summed E-state index contributed by atoms with van der Waals surface area (Å²) in [4.78, 5) is 10.4. The molecular formula is C11H16O4. The molecule has 0 aromatic rings. The van der Waals surface area contributed by atoms with E-state index < -0.39 is 11.8 Å². The molecule has 0 aromatic carbocycles. The van der Waals surface area contributed by atoms with E-state index in [1.165, 1.54) is 0 Å². The molecule has 0 heterocycles. The van der Waals surface area contributed by atoms with Crippen molar-refractivity contribution in [1.82, 2.24) is 0 Å². The number of aliphatic carboxylic acids is 1. The smallest absolute Gasteiger partial charge is 0.303 e. The van der Waals surface area contributed by atoms with Gasteiger partial charge in [0.05, 0.1) is 0 Å². The van der Waals surface area contributed by atoms with Crippen molar-refractivity contribution in [1.29, 1.82) is 0 Å². The fourth-order valence-corrected chi connectivity index (χ4v) is 1.47. The van der Waals surface area contributed by atoms with E-state index in [9.17, 15) is 4.79 Å². The van der Waals surface area contributed by atoms with Gasteiger partial charge >= 0.3 is 5.97 Å². The number of methoxy groups -OCH3 is 2. The summed E-state index contributed by atoms with van der Waals surface area (Å²) in [6.45, 7) is 0. The Morgan fingerprint density at radius 2 is 2.20 bits per heavy atom. The van der Waals surface area contributed by atoms with Gasteiger partial charge in [0, 0.05) is 27.1 Å². The van der Waals surface area contributed by atoms with Gasteiger partial charge < -0.3 is 14.6 Å². The maximum absolute atomic E-state index is 10.4. The molecule has 4 nitrogen and oxygen atoms in total. The van der Waals surface area contributed by atoms with Crippen LogP contribution >= 0.6 is 0 Å². The van der Waals surface area contributed by atoms with Crippen LogP contribution in [0.1, 0.15) is 19.3 Å². The van der Waals surface area contributed by atoms with E-state index in [-0.39, 0.29) is 6.42 Å². The van der Waals surface area contributed by atoms with Crippen molar-refractivity contribution in [3.05, 3.63) is 23.8 Å². The highest BCUT2D eigenvalue weighted by Gasteiger charge is 2.27. The number of carboxylic acids is 1. The maximum Gasteiger partial charge on any atom is 0.303 e. The van der Waals surface area contributed by atoms with E-state index in [4.69, 9.17) is 14.6 Å². The van der Waals surface area contributed by atoms with Crippen LogP contribution in [0.4, 0.5) is 0 Å². The van der Waals surface area contributed by atoms with Crippen LogP contribution < -0.4 is 0 Å². The number of carbonyl (C=O) groups is 1. The van der Waals surface area contributed by atoms with Crippen molar-refractivity contribution >= 4 is 5.97 Å². The highest BCUT2D eigenvalue weighted by atomic mass is 16.7. The van der Waals surface area contributed by atoms with Crippen LogP contribution in [0.5, 0.6) is 0 Å². The normalized spacial score (nSPS) is 18.7. The molecule has 4 heteroatoms. The van der Waals surface area contributed by atoms with Gasteiger partial charge in [-0.15, -0.1) is 0 Å². The molecule has 15 heavy (non-hydrogen) atoms. The summed E-state index contributed by atoms with van der Waals surface area (Å²) in [5.41, 5.74) is 1.02. The standard InChI is InChI=1S/C11H16O4/c1-14-11(15-2)7-5-9(6-8-11)3-4-10(12)13/h5-7H,3-4,8H2,1-2H3,(H,12,13). The Morgan fingerprint density at radius 3 is 2.60 bits per heavy atom. The van der Waals surface area contributed by atoms with Crippen molar-refractivity contribution in [2.75, 3.05) is 14.2 Å². The van der Waals surface area contributed by atoms with Crippen LogP contribution in [0.25, 0.3) is 0 Å². The lowest BCUT2D eigenvalue weighted by Gasteiger charge is -2.29. The van der Waals surface area contributed by atoms with E-state index >= 15 is 0 Å². The second-order valence-corrected chi connectivity index (χ2v) is 3.43. The third kappa shape index (κ3) is 3.18. The third-order valence-electron chi connectivity index (χ3n) is 2.52. The Kier molecular flexibility index (Phi) is 4.05. The number of rotatable bonds is 5. The monoisotopic (exact) mass is 212 g/mol. The number of hydrogen-bond donors (Lipinski definition) is 1. The summed E-state index contributed by atoms with van der Waals surface area (Å²) in [6, 6.07) is 0. The predicted molar refractivity (Wildman–Crippen MR) is 55.5 cm³/mol. The van der Waals surface area contributed by atoms with Gasteiger partial charge in [-0.3, -0.25) is 4.79 Å². The summed E-state index contributed by atoms with van der Waals surface area (Å²) in [5.74, 6) is -1.45. The largest absolute Gasteiger partial charge is 0.481 e. The highest BCUT2D eigenvalue weighted by molar-refractivity contribution is 5.67. The lowest BCUT2D eigenvalue weighted by Crippen LogP contribution is -2.31. The molecule has 1 rings (SSSR count). The zero-order valence-electron chi connectivity index (χ0n) is 9.03. The Hall–Kier alpha value is -1.13. The molecule has 0 radical (unpaired) electrons. The lowest BCUT2D eigenvalue weighted by molar-refractivity contribution is -0.167. The minimum Gasteiger partial charge on any atom is -0.481 e. The molecule has 0 atom stereocenters. The van der Waals surface area contributed by atoms with E-state index in [2.05, 4.69) is 0 Å². The predicted octanol–water partition coefficient (Wildman–Crippen LogP) is 1.73. The Balaban J connectivity index is 2.52. The summed E-state index contributed by atoms with van der Waals surface area (Å²) >= 11 is 0. The van der Waals surface area contributed by atoms with Crippen molar-refractivity contribution < 1.29 is 19.4 Å². The third-order valence-corrected chi connectivity index (χ3v) is 2.52. The first-order valence-corrected chi connectivity index (χ1v) is 4.82. The molecule has 0 saturated heterocycles. The lowest BCUT2D eigenvalue weighted by atomic mass is 9.98. The topological polar surface area (TPSA) is 55.8 Å². The van der Waals surface area contributed by atoms with Crippen molar-refractivity contribution in [3.8, 4) is 0 Å². The van der Waals surface area contributed by atoms with Gasteiger partial charge in [-0.25, -0.2) is 0 Å². The first-order chi connectivity index (χ1) is 7.12. The van der Waals surface area contributed by atoms with Gasteiger partial charge in [-0.1, -0.05) is 17.7 Å². The molecular weight excluding hydrogens is 196 g/mol. The van der Waals surface area contributed by atoms with Crippen LogP contribution in [0, 0.1) is 0 Å². The van der Waals surface area contributed by atoms with Gasteiger partial charge in [-0.05, 0) is 12.5 Å². The Labute approximate surface area is 89.2 Å². The van der Waals surface area contributed by atoms with E-state index in [1.54, 1.807) is 14.2 Å². The van der Waals surface area contributed by atoms with Crippen LogP contribution in [0.15, 0.2) is 23.8 Å². The molecule has 0 unspecified atom stereocenters. The average Bonchev–Trinajstić information content (AvgIpc) is 2.27. The zero-order valence-corrected chi connectivity index (χ0v) is 9.03. The quantitative estimate of drug-likeness (QED) is 0.705. The van der Waals surface area contributed by atoms with Gasteiger partial charge in [0.25, 0.3) is 0 Å². The number of allylic oxidation sites excluding steroid dienone is 2. The first kappa shape index (κ1) is 11.9. The van der Waals surface area contributed by atoms with Crippen LogP contribution in [0.2, 0.25) is 0 Å². The molecule has 0 saturated carbocycles. The SMILES string of the molecule is COC1(OC)C=CC(CCC(=O)O)=CC1. The van der Waals surface area contributed by atoms with Crippen molar-refractivity contribution in [2.45, 2.75) is 25.0 Å². The first-order valence-electron chi connectivity index (χ1n) is 4.82. The summed E-state index contributed by atoms with van der Waals surface area (Å²) < 4.78 is 10.5. The van der Waals surface area contributed by atoms with E-state index in [0.717, 1.165) is 5.57 Å². The minimum absolute atomic E-state index is 0.156. The molecule has 1 aliphatic carbocycles. The molecule has 0 fully saturated rings. The molecule has 0 aliphatic heterocycles. The number of ether oxygens (including phenoxy) is 2. The van der Waals surface area contributed by atoms with Crippen LogP contribution in [0.3, 0.4) is 0 Å². The number of carboxylic acid groups (broad SMARTS) is 1. The maximum atomic E-state index is 10.4. The van der Waals surface area contributed by atoms with Gasteiger partial charge in [0.2, 0.25) is 0 Å². The summed E-state index contributed by atoms with van der Waals surface area (Å²) in [5, 5.41) is 8.54. The molecule has 0 aromatic heterocycles. The van der Waals surface area contributed by atoms with E-state index in [0.29, 0.717) is 12.8 Å². The highest BCUT2D eigenvalue weighted by Crippen LogP contribution is 2.26. The van der Waals surface area contributed by atoms with Crippen molar-refractivity contribution in [2.24, 2.45) is 0 Å². The van der Waals surface area contributed by atoms with Crippen LogP contribution in [-0.4, -0.2) is 31.1 Å². The second-order valence-electron chi connectivity index (χ2n) is 3.43. The number of hydrogen-bond acceptors (Lipinski definition) is 3. The molecule has 1 aliphatic rings. The molecule has 84 valence electrons. The average molecular weight is 212 g/mol. The Morgan fingerprint density at radius 1 is 1.53 bits per heavy atom. The van der Waals surface area contributed by atoms with Gasteiger partial charge in [-0.2, -0.15) is 0 Å². The summed E-state index contributed by atoms with van der Waals surface area (Å²) in [6.07, 6.45) is 6.96. The Bertz CT molecular complexity index is 287.